The van der Waals surface area contributed by atoms with Crippen LogP contribution in [0.1, 0.15) is 0 Å². The molecule has 0 heterocycles. The van der Waals surface area contributed by atoms with E-state index in [0.717, 1.165) is 17.1 Å². The van der Waals surface area contributed by atoms with Crippen molar-refractivity contribution >= 4 is 60.2 Å². The van der Waals surface area contributed by atoms with Crippen LogP contribution >= 0.6 is 0 Å². The molecule has 0 saturated heterocycles. The Morgan fingerprint density at radius 3 is 1.46 bits per heavy atom. The molecule has 0 radical (unpaired) electrons. The van der Waals surface area contributed by atoms with Gasteiger partial charge in [-0.3, -0.25) is 0 Å². The summed E-state index contributed by atoms with van der Waals surface area (Å²) in [6, 6.07) is 86.3. The van der Waals surface area contributed by atoms with Crippen molar-refractivity contribution in [3.63, 3.8) is 0 Å². The summed E-state index contributed by atoms with van der Waals surface area (Å²) in [6.45, 7) is 0. The summed E-state index contributed by atoms with van der Waals surface area (Å²) in [7, 11) is 0. The van der Waals surface area contributed by atoms with E-state index in [1.165, 1.54) is 87.6 Å². The van der Waals surface area contributed by atoms with Gasteiger partial charge in [-0.2, -0.15) is 0 Å². The van der Waals surface area contributed by atoms with Gasteiger partial charge in [-0.25, -0.2) is 0 Å². The highest BCUT2D eigenvalue weighted by atomic mass is 15.1. The molecule has 0 aliphatic carbocycles. The molecule has 276 valence electrons. The largest absolute Gasteiger partial charge is 0.310 e. The first-order chi connectivity index (χ1) is 29.3. The van der Waals surface area contributed by atoms with Crippen molar-refractivity contribution in [3.05, 3.63) is 237 Å². The first kappa shape index (κ1) is 34.5. The van der Waals surface area contributed by atoms with Crippen molar-refractivity contribution in [1.82, 2.24) is 0 Å². The predicted octanol–water partition coefficient (Wildman–Crippen LogP) is 16.4. The Morgan fingerprint density at radius 2 is 0.712 bits per heavy atom. The van der Waals surface area contributed by atoms with E-state index in [0.29, 0.717) is 0 Å². The van der Waals surface area contributed by atoms with Crippen LogP contribution in [0.4, 0.5) is 17.1 Å². The molecule has 11 aromatic carbocycles. The summed E-state index contributed by atoms with van der Waals surface area (Å²) in [5.41, 5.74) is 13.0. The summed E-state index contributed by atoms with van der Waals surface area (Å²) in [6.07, 6.45) is 0. The molecule has 0 unspecified atom stereocenters. The third kappa shape index (κ3) is 6.21. The molecule has 0 amide bonds. The molecule has 0 spiro atoms. The third-order valence-corrected chi connectivity index (χ3v) is 11.9. The maximum Gasteiger partial charge on any atom is 0.0540 e. The van der Waals surface area contributed by atoms with Crippen molar-refractivity contribution in [1.29, 1.82) is 0 Å². The number of rotatable bonds is 7. The molecule has 1 heteroatoms. The fourth-order valence-corrected chi connectivity index (χ4v) is 9.00. The molecule has 0 N–H and O–H groups in total. The van der Waals surface area contributed by atoms with Crippen molar-refractivity contribution in [3.8, 4) is 44.5 Å². The molecular formula is C58H39N. The zero-order chi connectivity index (χ0) is 39.1. The Kier molecular flexibility index (Phi) is 8.56. The number of benzene rings is 11. The van der Waals surface area contributed by atoms with Gasteiger partial charge in [0.25, 0.3) is 0 Å². The summed E-state index contributed by atoms with van der Waals surface area (Å²) >= 11 is 0. The first-order valence-corrected chi connectivity index (χ1v) is 20.3. The zero-order valence-electron chi connectivity index (χ0n) is 32.5. The SMILES string of the molecule is c1ccc(-c2cc(N(c3ccc(-c4cc5ccccc5c5ccccc45)cc3)c3cccc4ccccc34)ccc2-c2ccc(-c3cccc4ccccc34)cc2)cc1. The van der Waals surface area contributed by atoms with Crippen molar-refractivity contribution in [2.45, 2.75) is 0 Å². The van der Waals surface area contributed by atoms with Gasteiger partial charge in [0.05, 0.1) is 5.69 Å². The van der Waals surface area contributed by atoms with Crippen LogP contribution < -0.4 is 4.90 Å². The Morgan fingerprint density at radius 1 is 0.220 bits per heavy atom. The monoisotopic (exact) mass is 749 g/mol. The van der Waals surface area contributed by atoms with E-state index in [9.17, 15) is 0 Å². The highest BCUT2D eigenvalue weighted by Crippen LogP contribution is 2.44. The Labute approximate surface area is 344 Å². The molecule has 11 aromatic rings. The van der Waals surface area contributed by atoms with Crippen LogP contribution in [-0.2, 0) is 0 Å². The van der Waals surface area contributed by atoms with Gasteiger partial charge in [0.1, 0.15) is 0 Å². The second-order valence-corrected chi connectivity index (χ2v) is 15.3. The highest BCUT2D eigenvalue weighted by Gasteiger charge is 2.19. The van der Waals surface area contributed by atoms with Crippen LogP contribution in [0.2, 0.25) is 0 Å². The van der Waals surface area contributed by atoms with E-state index >= 15 is 0 Å². The average Bonchev–Trinajstić information content (AvgIpc) is 3.32. The maximum absolute atomic E-state index is 2.42. The summed E-state index contributed by atoms with van der Waals surface area (Å²) in [4.78, 5) is 2.42. The lowest BCUT2D eigenvalue weighted by Gasteiger charge is -2.28. The van der Waals surface area contributed by atoms with Crippen LogP contribution in [0.25, 0.3) is 87.6 Å². The van der Waals surface area contributed by atoms with Gasteiger partial charge < -0.3 is 4.90 Å². The van der Waals surface area contributed by atoms with Gasteiger partial charge in [0.15, 0.2) is 0 Å². The Hall–Kier alpha value is -7.74. The lowest BCUT2D eigenvalue weighted by atomic mass is 9.91. The Balaban J connectivity index is 1.05. The van der Waals surface area contributed by atoms with Gasteiger partial charge in [0.2, 0.25) is 0 Å². The van der Waals surface area contributed by atoms with E-state index in [-0.39, 0.29) is 0 Å². The average molecular weight is 750 g/mol. The molecule has 0 aliphatic heterocycles. The molecule has 59 heavy (non-hydrogen) atoms. The van der Waals surface area contributed by atoms with Crippen molar-refractivity contribution in [2.24, 2.45) is 0 Å². The standard InChI is InChI=1S/C58H39N/c1-2-14-42(15-3-1)57-39-48(36-37-52(57)44-30-28-43(29-31-44)50-26-12-19-40-16-4-7-21-49(40)50)59(58-27-13-20-41-17-5-9-23-53(41)58)47-34-32-45(33-35-47)56-38-46-18-6-8-22-51(46)54-24-10-11-25-55(54)56/h1-39H. The van der Waals surface area contributed by atoms with Gasteiger partial charge in [-0.05, 0) is 119 Å². The molecule has 0 aromatic heterocycles. The molecule has 0 bridgehead atoms. The molecule has 1 nitrogen and oxygen atoms in total. The quantitative estimate of drug-likeness (QED) is 0.147. The maximum atomic E-state index is 2.42. The number of hydrogen-bond acceptors (Lipinski definition) is 1. The summed E-state index contributed by atoms with van der Waals surface area (Å²) < 4.78 is 0. The van der Waals surface area contributed by atoms with Gasteiger partial charge in [-0.1, -0.05) is 200 Å². The van der Waals surface area contributed by atoms with Gasteiger partial charge in [-0.15, -0.1) is 0 Å². The number of fused-ring (bicyclic) bond motifs is 5. The first-order valence-electron chi connectivity index (χ1n) is 20.3. The predicted molar refractivity (Wildman–Crippen MR) is 253 cm³/mol. The topological polar surface area (TPSA) is 3.24 Å². The highest BCUT2D eigenvalue weighted by molar-refractivity contribution is 6.14. The van der Waals surface area contributed by atoms with Crippen molar-refractivity contribution < 1.29 is 0 Å². The van der Waals surface area contributed by atoms with E-state index < -0.39 is 0 Å². The minimum Gasteiger partial charge on any atom is -0.310 e. The normalized spacial score (nSPS) is 11.4. The van der Waals surface area contributed by atoms with E-state index in [1.807, 2.05) is 0 Å². The third-order valence-electron chi connectivity index (χ3n) is 11.9. The molecule has 0 fully saturated rings. The summed E-state index contributed by atoms with van der Waals surface area (Å²) in [5.74, 6) is 0. The second-order valence-electron chi connectivity index (χ2n) is 15.3. The lowest BCUT2D eigenvalue weighted by Crippen LogP contribution is -2.11. The molecule has 0 saturated carbocycles. The van der Waals surface area contributed by atoms with Crippen molar-refractivity contribution in [2.75, 3.05) is 4.90 Å². The lowest BCUT2D eigenvalue weighted by molar-refractivity contribution is 1.30. The molecule has 0 atom stereocenters. The number of nitrogens with zero attached hydrogens (tertiary/aromatic N) is 1. The van der Waals surface area contributed by atoms with Crippen LogP contribution in [0, 0.1) is 0 Å². The minimum atomic E-state index is 1.10. The van der Waals surface area contributed by atoms with Gasteiger partial charge in [0, 0.05) is 16.8 Å². The second kappa shape index (κ2) is 14.6. The smallest absolute Gasteiger partial charge is 0.0540 e. The van der Waals surface area contributed by atoms with Crippen LogP contribution in [0.3, 0.4) is 0 Å². The molecule has 11 rings (SSSR count). The molecule has 0 aliphatic rings. The van der Waals surface area contributed by atoms with Crippen LogP contribution in [0.15, 0.2) is 237 Å². The van der Waals surface area contributed by atoms with E-state index in [2.05, 4.69) is 241 Å². The van der Waals surface area contributed by atoms with E-state index in [4.69, 9.17) is 0 Å². The minimum absolute atomic E-state index is 1.10. The van der Waals surface area contributed by atoms with Crippen LogP contribution in [0.5, 0.6) is 0 Å². The number of hydrogen-bond donors (Lipinski definition) is 0. The Bertz CT molecular complexity index is 3300. The molecular weight excluding hydrogens is 711 g/mol. The fraction of sp³-hybridized carbons (Fsp3) is 0. The van der Waals surface area contributed by atoms with E-state index in [1.54, 1.807) is 0 Å². The number of anilines is 3. The fourth-order valence-electron chi connectivity index (χ4n) is 9.00. The zero-order valence-corrected chi connectivity index (χ0v) is 32.5. The summed E-state index contributed by atoms with van der Waals surface area (Å²) in [5, 5.41) is 10.0. The van der Waals surface area contributed by atoms with Crippen LogP contribution in [-0.4, -0.2) is 0 Å². The van der Waals surface area contributed by atoms with Gasteiger partial charge >= 0.3 is 0 Å².